The lowest BCUT2D eigenvalue weighted by Gasteiger charge is -2.21. The molecule has 1 atom stereocenters. The second-order valence-corrected chi connectivity index (χ2v) is 6.24. The van der Waals surface area contributed by atoms with Crippen LogP contribution in [0, 0.1) is 5.82 Å². The summed E-state index contributed by atoms with van der Waals surface area (Å²) in [6.07, 6.45) is 1.37. The minimum absolute atomic E-state index is 0.216. The summed E-state index contributed by atoms with van der Waals surface area (Å²) in [6, 6.07) is 8.13. The van der Waals surface area contributed by atoms with Gasteiger partial charge in [-0.25, -0.2) is 17.5 Å². The first-order chi connectivity index (χ1) is 9.33. The Balaban J connectivity index is 2.17. The molecule has 0 spiro atoms. The maximum Gasteiger partial charge on any atom is 0.243 e. The van der Waals surface area contributed by atoms with Gasteiger partial charge in [0.05, 0.1) is 6.26 Å². The first kappa shape index (κ1) is 14.7. The Morgan fingerprint density at radius 1 is 1.30 bits per heavy atom. The van der Waals surface area contributed by atoms with Gasteiger partial charge in [-0.05, 0) is 31.2 Å². The number of furan rings is 1. The van der Waals surface area contributed by atoms with E-state index in [-0.39, 0.29) is 12.3 Å². The van der Waals surface area contributed by atoms with Gasteiger partial charge in [-0.3, -0.25) is 0 Å². The van der Waals surface area contributed by atoms with Crippen molar-refractivity contribution in [3.63, 3.8) is 0 Å². The molecule has 1 aromatic heterocycles. The standard InChI is InChI=1S/C13H14FNO4S/c1-13(16,12-7-4-8-19-12)9-15-20(17,18)11-6-3-2-5-10(11)14/h2-8,15-16H,9H2,1H3/t13-/m0/s1. The molecule has 0 unspecified atom stereocenters. The van der Waals surface area contributed by atoms with Crippen LogP contribution >= 0.6 is 0 Å². The minimum Gasteiger partial charge on any atom is -0.466 e. The van der Waals surface area contributed by atoms with E-state index < -0.39 is 26.3 Å². The molecule has 7 heteroatoms. The van der Waals surface area contributed by atoms with E-state index >= 15 is 0 Å². The van der Waals surface area contributed by atoms with E-state index in [0.717, 1.165) is 12.1 Å². The van der Waals surface area contributed by atoms with Crippen molar-refractivity contribution >= 4 is 10.0 Å². The maximum atomic E-state index is 13.5. The summed E-state index contributed by atoms with van der Waals surface area (Å²) in [5.41, 5.74) is -1.53. The molecule has 2 rings (SSSR count). The third kappa shape index (κ3) is 3.06. The van der Waals surface area contributed by atoms with Crippen LogP contribution in [0.2, 0.25) is 0 Å². The first-order valence-electron chi connectivity index (χ1n) is 5.83. The number of rotatable bonds is 5. The quantitative estimate of drug-likeness (QED) is 0.879. The lowest BCUT2D eigenvalue weighted by Crippen LogP contribution is -2.38. The van der Waals surface area contributed by atoms with Crippen molar-refractivity contribution < 1.29 is 22.3 Å². The van der Waals surface area contributed by atoms with Crippen molar-refractivity contribution in [3.05, 3.63) is 54.2 Å². The second kappa shape index (κ2) is 5.35. The largest absolute Gasteiger partial charge is 0.466 e. The molecule has 20 heavy (non-hydrogen) atoms. The Morgan fingerprint density at radius 3 is 2.60 bits per heavy atom. The van der Waals surface area contributed by atoms with Gasteiger partial charge in [0.1, 0.15) is 22.1 Å². The zero-order chi connectivity index (χ0) is 14.8. The van der Waals surface area contributed by atoms with Crippen LogP contribution in [0.1, 0.15) is 12.7 Å². The Kier molecular flexibility index (Phi) is 3.94. The maximum absolute atomic E-state index is 13.5. The summed E-state index contributed by atoms with van der Waals surface area (Å²) < 4.78 is 44.6. The van der Waals surface area contributed by atoms with Crippen molar-refractivity contribution in [2.75, 3.05) is 6.54 Å². The summed E-state index contributed by atoms with van der Waals surface area (Å²) in [6.45, 7) is 1.06. The van der Waals surface area contributed by atoms with Crippen LogP contribution in [0.15, 0.2) is 52.0 Å². The van der Waals surface area contributed by atoms with E-state index in [1.54, 1.807) is 6.07 Å². The van der Waals surface area contributed by atoms with Crippen LogP contribution < -0.4 is 4.72 Å². The average molecular weight is 299 g/mol. The smallest absolute Gasteiger partial charge is 0.243 e. The lowest BCUT2D eigenvalue weighted by atomic mass is 10.1. The fourth-order valence-electron chi connectivity index (χ4n) is 1.65. The van der Waals surface area contributed by atoms with Crippen LogP contribution in [0.4, 0.5) is 4.39 Å². The van der Waals surface area contributed by atoms with Gasteiger partial charge in [-0.15, -0.1) is 0 Å². The number of aliphatic hydroxyl groups is 1. The molecule has 0 saturated heterocycles. The normalized spacial score (nSPS) is 14.9. The molecule has 0 radical (unpaired) electrons. The lowest BCUT2D eigenvalue weighted by molar-refractivity contribution is 0.0395. The van der Waals surface area contributed by atoms with Gasteiger partial charge in [0, 0.05) is 6.54 Å². The molecular weight excluding hydrogens is 285 g/mol. The van der Waals surface area contributed by atoms with Crippen molar-refractivity contribution in [1.29, 1.82) is 0 Å². The predicted molar refractivity (Wildman–Crippen MR) is 69.9 cm³/mol. The molecule has 0 aliphatic carbocycles. The van der Waals surface area contributed by atoms with E-state index in [1.165, 1.54) is 31.4 Å². The number of hydrogen-bond acceptors (Lipinski definition) is 4. The molecule has 1 aromatic carbocycles. The van der Waals surface area contributed by atoms with Gasteiger partial charge in [-0.2, -0.15) is 0 Å². The average Bonchev–Trinajstić information content (AvgIpc) is 2.92. The topological polar surface area (TPSA) is 79.5 Å². The van der Waals surface area contributed by atoms with Gasteiger partial charge in [0.15, 0.2) is 0 Å². The van der Waals surface area contributed by atoms with E-state index in [4.69, 9.17) is 4.42 Å². The van der Waals surface area contributed by atoms with Crippen LogP contribution in [0.3, 0.4) is 0 Å². The van der Waals surface area contributed by atoms with Gasteiger partial charge >= 0.3 is 0 Å². The van der Waals surface area contributed by atoms with E-state index in [1.807, 2.05) is 0 Å². The van der Waals surface area contributed by atoms with Crippen molar-refractivity contribution in [1.82, 2.24) is 4.72 Å². The molecule has 0 aliphatic heterocycles. The molecular formula is C13H14FNO4S. The molecule has 2 N–H and O–H groups in total. The Bertz CT molecular complexity index is 680. The molecule has 0 bridgehead atoms. The second-order valence-electron chi connectivity index (χ2n) is 4.51. The summed E-state index contributed by atoms with van der Waals surface area (Å²) in [7, 11) is -4.04. The Labute approximate surface area is 116 Å². The third-order valence-corrected chi connectivity index (χ3v) is 4.22. The first-order valence-corrected chi connectivity index (χ1v) is 7.32. The molecule has 108 valence electrons. The Morgan fingerprint density at radius 2 is 2.00 bits per heavy atom. The highest BCUT2D eigenvalue weighted by Gasteiger charge is 2.29. The van der Waals surface area contributed by atoms with Crippen LogP contribution in [0.5, 0.6) is 0 Å². The molecule has 0 amide bonds. The summed E-state index contributed by atoms with van der Waals surface area (Å²) >= 11 is 0. The highest BCUT2D eigenvalue weighted by molar-refractivity contribution is 7.89. The monoisotopic (exact) mass is 299 g/mol. The SMILES string of the molecule is C[C@](O)(CNS(=O)(=O)c1ccccc1F)c1ccco1. The van der Waals surface area contributed by atoms with Gasteiger partial charge in [0.2, 0.25) is 10.0 Å². The number of benzene rings is 1. The molecule has 5 nitrogen and oxygen atoms in total. The fourth-order valence-corrected chi connectivity index (χ4v) is 2.86. The number of hydrogen-bond donors (Lipinski definition) is 2. The van der Waals surface area contributed by atoms with Crippen molar-refractivity contribution in [2.24, 2.45) is 0 Å². The van der Waals surface area contributed by atoms with Crippen molar-refractivity contribution in [3.8, 4) is 0 Å². The minimum atomic E-state index is -4.04. The fraction of sp³-hybridized carbons (Fsp3) is 0.231. The van der Waals surface area contributed by atoms with E-state index in [0.29, 0.717) is 0 Å². The zero-order valence-electron chi connectivity index (χ0n) is 10.7. The number of nitrogens with one attached hydrogen (secondary N) is 1. The van der Waals surface area contributed by atoms with Crippen LogP contribution in [-0.2, 0) is 15.6 Å². The molecule has 2 aromatic rings. The number of halogens is 1. The van der Waals surface area contributed by atoms with Gasteiger partial charge in [-0.1, -0.05) is 12.1 Å². The molecule has 0 aliphatic rings. The highest BCUT2D eigenvalue weighted by Crippen LogP contribution is 2.21. The summed E-state index contributed by atoms with van der Waals surface area (Å²) in [5, 5.41) is 10.1. The van der Waals surface area contributed by atoms with Gasteiger partial charge < -0.3 is 9.52 Å². The van der Waals surface area contributed by atoms with E-state index in [9.17, 15) is 17.9 Å². The number of sulfonamides is 1. The summed E-state index contributed by atoms with van der Waals surface area (Å²) in [4.78, 5) is -0.463. The van der Waals surface area contributed by atoms with Crippen LogP contribution in [0.25, 0.3) is 0 Å². The molecule has 1 heterocycles. The highest BCUT2D eigenvalue weighted by atomic mass is 32.2. The predicted octanol–water partition coefficient (Wildman–Crippen LogP) is 1.60. The Hall–Kier alpha value is -1.70. The zero-order valence-corrected chi connectivity index (χ0v) is 11.5. The third-order valence-electron chi connectivity index (χ3n) is 2.78. The molecule has 0 fully saturated rings. The summed E-state index contributed by atoms with van der Waals surface area (Å²) in [5.74, 6) is -0.633. The van der Waals surface area contributed by atoms with E-state index in [2.05, 4.69) is 4.72 Å². The van der Waals surface area contributed by atoms with Crippen LogP contribution in [-0.4, -0.2) is 20.1 Å². The van der Waals surface area contributed by atoms with Crippen molar-refractivity contribution in [2.45, 2.75) is 17.4 Å². The van der Waals surface area contributed by atoms with Gasteiger partial charge in [0.25, 0.3) is 0 Å². The molecule has 0 saturated carbocycles.